The van der Waals surface area contributed by atoms with Gasteiger partial charge in [0.25, 0.3) is 5.91 Å². The third-order valence-corrected chi connectivity index (χ3v) is 3.12. The molecule has 1 heterocycles. The number of nitrogens with zero attached hydrogens (tertiary/aromatic N) is 2. The van der Waals surface area contributed by atoms with Crippen molar-refractivity contribution in [1.29, 1.82) is 0 Å². The summed E-state index contributed by atoms with van der Waals surface area (Å²) < 4.78 is 0. The Morgan fingerprint density at radius 2 is 2.35 bits per heavy atom. The standard InChI is InChI=1S/C12H15ClN2O2/c1-8-6-11(13)10(7-14-8)12(17)15(4-5-16)9-2-3-9/h6-7,9,16H,2-5H2,1H3. The third-order valence-electron chi connectivity index (χ3n) is 2.81. The predicted molar refractivity (Wildman–Crippen MR) is 65.1 cm³/mol. The van der Waals surface area contributed by atoms with E-state index in [4.69, 9.17) is 16.7 Å². The number of rotatable bonds is 4. The third kappa shape index (κ3) is 2.76. The summed E-state index contributed by atoms with van der Waals surface area (Å²) in [6.45, 7) is 2.15. The summed E-state index contributed by atoms with van der Waals surface area (Å²) in [5.74, 6) is -0.140. The smallest absolute Gasteiger partial charge is 0.257 e. The number of pyridine rings is 1. The second kappa shape index (κ2) is 5.02. The average Bonchev–Trinajstić information content (AvgIpc) is 3.09. The summed E-state index contributed by atoms with van der Waals surface area (Å²) in [5.41, 5.74) is 1.20. The molecular weight excluding hydrogens is 240 g/mol. The molecule has 1 aliphatic carbocycles. The van der Waals surface area contributed by atoms with Gasteiger partial charge in [-0.05, 0) is 25.8 Å². The molecule has 1 fully saturated rings. The van der Waals surface area contributed by atoms with Gasteiger partial charge in [0.15, 0.2) is 0 Å². The number of carbonyl (C=O) groups excluding carboxylic acids is 1. The Labute approximate surface area is 105 Å². The van der Waals surface area contributed by atoms with Crippen LogP contribution in [0.1, 0.15) is 28.9 Å². The van der Waals surface area contributed by atoms with Gasteiger partial charge in [-0.15, -0.1) is 0 Å². The zero-order chi connectivity index (χ0) is 12.4. The maximum Gasteiger partial charge on any atom is 0.257 e. The predicted octanol–water partition coefficient (Wildman–Crippen LogP) is 1.64. The highest BCUT2D eigenvalue weighted by atomic mass is 35.5. The summed E-state index contributed by atoms with van der Waals surface area (Å²) in [6.07, 6.45) is 3.51. The first kappa shape index (κ1) is 12.3. The Bertz CT molecular complexity index is 433. The molecule has 1 aliphatic rings. The second-order valence-electron chi connectivity index (χ2n) is 4.26. The topological polar surface area (TPSA) is 53.4 Å². The van der Waals surface area contributed by atoms with E-state index >= 15 is 0 Å². The van der Waals surface area contributed by atoms with Crippen molar-refractivity contribution in [3.05, 3.63) is 28.5 Å². The van der Waals surface area contributed by atoms with E-state index in [1.165, 1.54) is 6.20 Å². The lowest BCUT2D eigenvalue weighted by Crippen LogP contribution is -2.35. The summed E-state index contributed by atoms with van der Waals surface area (Å²) in [7, 11) is 0. The zero-order valence-electron chi connectivity index (χ0n) is 9.69. The van der Waals surface area contributed by atoms with Crippen LogP contribution in [0, 0.1) is 6.92 Å². The van der Waals surface area contributed by atoms with Crippen LogP contribution in [0.2, 0.25) is 5.02 Å². The Hall–Kier alpha value is -1.13. The van der Waals surface area contributed by atoms with Crippen molar-refractivity contribution in [2.24, 2.45) is 0 Å². The number of hydrogen-bond acceptors (Lipinski definition) is 3. The number of aromatic nitrogens is 1. The number of carbonyl (C=O) groups is 1. The molecule has 1 aromatic heterocycles. The SMILES string of the molecule is Cc1cc(Cl)c(C(=O)N(CCO)C2CC2)cn1. The Kier molecular flexibility index (Phi) is 3.64. The van der Waals surface area contributed by atoms with E-state index in [-0.39, 0.29) is 18.6 Å². The molecule has 1 saturated carbocycles. The van der Waals surface area contributed by atoms with E-state index < -0.39 is 0 Å². The van der Waals surface area contributed by atoms with Crippen molar-refractivity contribution < 1.29 is 9.90 Å². The lowest BCUT2D eigenvalue weighted by Gasteiger charge is -2.21. The van der Waals surface area contributed by atoms with Gasteiger partial charge in [-0.1, -0.05) is 11.6 Å². The monoisotopic (exact) mass is 254 g/mol. The van der Waals surface area contributed by atoms with E-state index in [9.17, 15) is 4.79 Å². The minimum absolute atomic E-state index is 0.0286. The summed E-state index contributed by atoms with van der Waals surface area (Å²) >= 11 is 6.04. The molecule has 0 aromatic carbocycles. The van der Waals surface area contributed by atoms with Crippen molar-refractivity contribution in [2.45, 2.75) is 25.8 Å². The molecule has 2 rings (SSSR count). The van der Waals surface area contributed by atoms with Crippen LogP contribution in [0.3, 0.4) is 0 Å². The number of hydrogen-bond donors (Lipinski definition) is 1. The van der Waals surface area contributed by atoms with Gasteiger partial charge in [0, 0.05) is 24.5 Å². The maximum atomic E-state index is 12.2. The number of aliphatic hydroxyl groups excluding tert-OH is 1. The number of halogens is 1. The molecule has 5 heteroatoms. The first-order chi connectivity index (χ1) is 8.13. The molecule has 92 valence electrons. The maximum absolute atomic E-state index is 12.2. The fourth-order valence-corrected chi connectivity index (χ4v) is 2.07. The van der Waals surface area contributed by atoms with Crippen LogP contribution in [0.4, 0.5) is 0 Å². The van der Waals surface area contributed by atoms with E-state index in [2.05, 4.69) is 4.98 Å². The largest absolute Gasteiger partial charge is 0.395 e. The van der Waals surface area contributed by atoms with Crippen molar-refractivity contribution in [2.75, 3.05) is 13.2 Å². The van der Waals surface area contributed by atoms with Gasteiger partial charge < -0.3 is 10.0 Å². The van der Waals surface area contributed by atoms with Crippen LogP contribution >= 0.6 is 11.6 Å². The summed E-state index contributed by atoms with van der Waals surface area (Å²) in [6, 6.07) is 1.94. The van der Waals surface area contributed by atoms with Crippen LogP contribution in [-0.4, -0.2) is 40.1 Å². The average molecular weight is 255 g/mol. The Morgan fingerprint density at radius 3 is 2.88 bits per heavy atom. The molecule has 1 aromatic rings. The number of aliphatic hydroxyl groups is 1. The number of amides is 1. The van der Waals surface area contributed by atoms with Crippen molar-refractivity contribution >= 4 is 17.5 Å². The second-order valence-corrected chi connectivity index (χ2v) is 4.67. The minimum Gasteiger partial charge on any atom is -0.395 e. The van der Waals surface area contributed by atoms with Gasteiger partial charge in [0.05, 0.1) is 17.2 Å². The molecular formula is C12H15ClN2O2. The molecule has 0 atom stereocenters. The lowest BCUT2D eigenvalue weighted by molar-refractivity contribution is 0.0707. The molecule has 1 N–H and O–H groups in total. The molecule has 0 bridgehead atoms. The van der Waals surface area contributed by atoms with E-state index in [0.29, 0.717) is 17.1 Å². The molecule has 0 aliphatic heterocycles. The fourth-order valence-electron chi connectivity index (χ4n) is 1.78. The highest BCUT2D eigenvalue weighted by molar-refractivity contribution is 6.33. The molecule has 0 saturated heterocycles. The van der Waals surface area contributed by atoms with Gasteiger partial charge in [-0.2, -0.15) is 0 Å². The first-order valence-corrected chi connectivity index (χ1v) is 6.05. The molecule has 4 nitrogen and oxygen atoms in total. The normalized spacial score (nSPS) is 14.8. The van der Waals surface area contributed by atoms with Gasteiger partial charge in [-0.25, -0.2) is 0 Å². The van der Waals surface area contributed by atoms with Gasteiger partial charge in [0.1, 0.15) is 0 Å². The van der Waals surface area contributed by atoms with Crippen LogP contribution in [-0.2, 0) is 0 Å². The van der Waals surface area contributed by atoms with Crippen molar-refractivity contribution in [3.63, 3.8) is 0 Å². The van der Waals surface area contributed by atoms with Gasteiger partial charge in [-0.3, -0.25) is 9.78 Å². The quantitative estimate of drug-likeness (QED) is 0.889. The molecule has 0 radical (unpaired) electrons. The minimum atomic E-state index is -0.140. The van der Waals surface area contributed by atoms with Crippen LogP contribution in [0.5, 0.6) is 0 Å². The Balaban J connectivity index is 2.22. The summed E-state index contributed by atoms with van der Waals surface area (Å²) in [4.78, 5) is 18.0. The molecule has 1 amide bonds. The van der Waals surface area contributed by atoms with Crippen LogP contribution < -0.4 is 0 Å². The van der Waals surface area contributed by atoms with Crippen molar-refractivity contribution in [1.82, 2.24) is 9.88 Å². The highest BCUT2D eigenvalue weighted by Crippen LogP contribution is 2.29. The lowest BCUT2D eigenvalue weighted by atomic mass is 10.2. The fraction of sp³-hybridized carbons (Fsp3) is 0.500. The van der Waals surface area contributed by atoms with Crippen LogP contribution in [0.25, 0.3) is 0 Å². The van der Waals surface area contributed by atoms with Gasteiger partial charge >= 0.3 is 0 Å². The van der Waals surface area contributed by atoms with E-state index in [1.807, 2.05) is 6.92 Å². The highest BCUT2D eigenvalue weighted by Gasteiger charge is 2.33. The Morgan fingerprint density at radius 1 is 1.65 bits per heavy atom. The summed E-state index contributed by atoms with van der Waals surface area (Å²) in [5, 5.41) is 9.40. The van der Waals surface area contributed by atoms with E-state index in [0.717, 1.165) is 18.5 Å². The first-order valence-electron chi connectivity index (χ1n) is 5.67. The van der Waals surface area contributed by atoms with E-state index in [1.54, 1.807) is 11.0 Å². The molecule has 0 unspecified atom stereocenters. The number of aryl methyl sites for hydroxylation is 1. The van der Waals surface area contributed by atoms with Gasteiger partial charge in [0.2, 0.25) is 0 Å². The zero-order valence-corrected chi connectivity index (χ0v) is 10.4. The molecule has 17 heavy (non-hydrogen) atoms. The van der Waals surface area contributed by atoms with Crippen molar-refractivity contribution in [3.8, 4) is 0 Å². The van der Waals surface area contributed by atoms with Crippen LogP contribution in [0.15, 0.2) is 12.3 Å². The molecule has 0 spiro atoms.